The highest BCUT2D eigenvalue weighted by molar-refractivity contribution is 5.83. The number of benzene rings is 1. The Balaban J connectivity index is 2.40. The molecule has 1 aromatic rings. The molecular weight excluding hydrogens is 250 g/mol. The highest BCUT2D eigenvalue weighted by atomic mass is 16.5. The van der Waals surface area contributed by atoms with Crippen molar-refractivity contribution in [1.29, 1.82) is 0 Å². The average Bonchev–Trinajstić information content (AvgIpc) is 2.34. The van der Waals surface area contributed by atoms with Gasteiger partial charge in [0, 0.05) is 5.56 Å². The Morgan fingerprint density at radius 1 is 1.42 bits per heavy atom. The third-order valence-electron chi connectivity index (χ3n) is 2.59. The van der Waals surface area contributed by atoms with E-state index in [0.29, 0.717) is 11.3 Å². The monoisotopic (exact) mass is 267 g/mol. The van der Waals surface area contributed by atoms with Crippen molar-refractivity contribution in [2.45, 2.75) is 26.3 Å². The summed E-state index contributed by atoms with van der Waals surface area (Å²) in [4.78, 5) is 21.9. The Morgan fingerprint density at radius 3 is 2.74 bits per heavy atom. The fraction of sp³-hybridized carbons (Fsp3) is 0.385. The minimum absolute atomic E-state index is 0.0483. The van der Waals surface area contributed by atoms with Gasteiger partial charge in [-0.05, 0) is 26.0 Å². The average molecular weight is 267 g/mol. The summed E-state index contributed by atoms with van der Waals surface area (Å²) in [7, 11) is 0. The summed E-state index contributed by atoms with van der Waals surface area (Å²) in [5.74, 6) is -0.855. The molecule has 19 heavy (non-hydrogen) atoms. The van der Waals surface area contributed by atoms with Crippen LogP contribution < -0.4 is 10.1 Å². The Bertz CT molecular complexity index is 472. The number of carbonyl (C=O) groups excluding carboxylic acids is 1. The molecule has 0 bridgehead atoms. The maximum absolute atomic E-state index is 11.4. The van der Waals surface area contributed by atoms with Crippen LogP contribution >= 0.6 is 0 Å². The standard InChI is InChI=1S/C13H17NO5/c1-8-10(15)4-3-5-11(8)19-7-6-12(16)14-9(2)13(17)18/h3-5,9,15H,6-7H2,1-2H3,(H,14,16)(H,17,18)/t9-/m0/s1. The van der Waals surface area contributed by atoms with Crippen LogP contribution in [0.4, 0.5) is 0 Å². The summed E-state index contributed by atoms with van der Waals surface area (Å²) in [6.45, 7) is 3.21. The first kappa shape index (κ1) is 14.8. The Labute approximate surface area is 111 Å². The highest BCUT2D eigenvalue weighted by Crippen LogP contribution is 2.25. The number of aromatic hydroxyl groups is 1. The zero-order valence-electron chi connectivity index (χ0n) is 10.8. The van der Waals surface area contributed by atoms with E-state index in [2.05, 4.69) is 5.32 Å². The summed E-state index contributed by atoms with van der Waals surface area (Å²) >= 11 is 0. The molecule has 1 aromatic carbocycles. The normalized spacial score (nSPS) is 11.7. The van der Waals surface area contributed by atoms with Gasteiger partial charge in [0.15, 0.2) is 0 Å². The number of carbonyl (C=O) groups is 2. The van der Waals surface area contributed by atoms with Gasteiger partial charge in [-0.1, -0.05) is 6.07 Å². The number of ether oxygens (including phenoxy) is 1. The van der Waals surface area contributed by atoms with Crippen molar-refractivity contribution in [3.8, 4) is 11.5 Å². The Morgan fingerprint density at radius 2 is 2.11 bits per heavy atom. The predicted molar refractivity (Wildman–Crippen MR) is 68.2 cm³/mol. The number of phenols is 1. The number of hydrogen-bond donors (Lipinski definition) is 3. The number of aliphatic carboxylic acids is 1. The first-order valence-electron chi connectivity index (χ1n) is 5.85. The van der Waals surface area contributed by atoms with Gasteiger partial charge in [-0.15, -0.1) is 0 Å². The van der Waals surface area contributed by atoms with E-state index in [1.807, 2.05) is 0 Å². The second kappa shape index (κ2) is 6.63. The molecule has 0 aliphatic rings. The summed E-state index contributed by atoms with van der Waals surface area (Å²) < 4.78 is 5.36. The van der Waals surface area contributed by atoms with Gasteiger partial charge in [0.05, 0.1) is 13.0 Å². The largest absolute Gasteiger partial charge is 0.508 e. The number of carboxylic acids is 1. The van der Waals surface area contributed by atoms with E-state index < -0.39 is 17.9 Å². The quantitative estimate of drug-likeness (QED) is 0.716. The van der Waals surface area contributed by atoms with Gasteiger partial charge in [0.1, 0.15) is 17.5 Å². The van der Waals surface area contributed by atoms with E-state index in [0.717, 1.165) is 0 Å². The van der Waals surface area contributed by atoms with E-state index >= 15 is 0 Å². The predicted octanol–water partition coefficient (Wildman–Crippen LogP) is 1.06. The van der Waals surface area contributed by atoms with Crippen molar-refractivity contribution in [2.75, 3.05) is 6.61 Å². The number of phenolic OH excluding ortho intramolecular Hbond substituents is 1. The van der Waals surface area contributed by atoms with Crippen LogP contribution in [0.5, 0.6) is 11.5 Å². The first-order valence-corrected chi connectivity index (χ1v) is 5.85. The van der Waals surface area contributed by atoms with Crippen LogP contribution in [0.2, 0.25) is 0 Å². The van der Waals surface area contributed by atoms with Crippen LogP contribution in [0, 0.1) is 6.92 Å². The molecule has 0 unspecified atom stereocenters. The smallest absolute Gasteiger partial charge is 0.325 e. The lowest BCUT2D eigenvalue weighted by Gasteiger charge is -2.11. The molecule has 0 heterocycles. The molecule has 1 rings (SSSR count). The second-order valence-corrected chi connectivity index (χ2v) is 4.13. The molecule has 0 fully saturated rings. The molecule has 0 saturated carbocycles. The minimum Gasteiger partial charge on any atom is -0.508 e. The van der Waals surface area contributed by atoms with Crippen LogP contribution in [0.25, 0.3) is 0 Å². The molecule has 1 amide bonds. The van der Waals surface area contributed by atoms with Gasteiger partial charge in [0.25, 0.3) is 0 Å². The number of carboxylic acid groups (broad SMARTS) is 1. The van der Waals surface area contributed by atoms with Crippen LogP contribution in [-0.4, -0.2) is 34.7 Å². The zero-order chi connectivity index (χ0) is 14.4. The van der Waals surface area contributed by atoms with E-state index in [-0.39, 0.29) is 18.8 Å². The molecular formula is C13H17NO5. The second-order valence-electron chi connectivity index (χ2n) is 4.13. The van der Waals surface area contributed by atoms with E-state index in [1.165, 1.54) is 6.92 Å². The van der Waals surface area contributed by atoms with Crippen molar-refractivity contribution in [3.05, 3.63) is 23.8 Å². The van der Waals surface area contributed by atoms with Crippen molar-refractivity contribution < 1.29 is 24.5 Å². The number of amides is 1. The maximum atomic E-state index is 11.4. The van der Waals surface area contributed by atoms with Gasteiger partial charge < -0.3 is 20.3 Å². The third-order valence-corrected chi connectivity index (χ3v) is 2.59. The Kier molecular flexibility index (Phi) is 5.17. The van der Waals surface area contributed by atoms with Crippen LogP contribution in [-0.2, 0) is 9.59 Å². The molecule has 6 nitrogen and oxygen atoms in total. The maximum Gasteiger partial charge on any atom is 0.325 e. The molecule has 0 saturated heterocycles. The van der Waals surface area contributed by atoms with E-state index in [9.17, 15) is 14.7 Å². The van der Waals surface area contributed by atoms with E-state index in [4.69, 9.17) is 9.84 Å². The van der Waals surface area contributed by atoms with Crippen molar-refractivity contribution >= 4 is 11.9 Å². The fourth-order valence-electron chi connectivity index (χ4n) is 1.39. The minimum atomic E-state index is -1.09. The molecule has 104 valence electrons. The van der Waals surface area contributed by atoms with Gasteiger partial charge in [0.2, 0.25) is 5.91 Å². The number of rotatable bonds is 6. The van der Waals surface area contributed by atoms with Gasteiger partial charge in [-0.25, -0.2) is 0 Å². The topological polar surface area (TPSA) is 95.9 Å². The molecule has 0 radical (unpaired) electrons. The Hall–Kier alpha value is -2.24. The lowest BCUT2D eigenvalue weighted by Crippen LogP contribution is -2.38. The van der Waals surface area contributed by atoms with Gasteiger partial charge in [-0.3, -0.25) is 9.59 Å². The third kappa shape index (κ3) is 4.50. The van der Waals surface area contributed by atoms with Gasteiger partial charge in [-0.2, -0.15) is 0 Å². The lowest BCUT2D eigenvalue weighted by molar-refractivity contribution is -0.141. The zero-order valence-corrected chi connectivity index (χ0v) is 10.8. The molecule has 3 N–H and O–H groups in total. The fourth-order valence-corrected chi connectivity index (χ4v) is 1.39. The van der Waals surface area contributed by atoms with Crippen molar-refractivity contribution in [3.63, 3.8) is 0 Å². The first-order chi connectivity index (χ1) is 8.91. The molecule has 0 aromatic heterocycles. The summed E-state index contributed by atoms with van der Waals surface area (Å²) in [5, 5.41) is 20.4. The van der Waals surface area contributed by atoms with Crippen LogP contribution in [0.1, 0.15) is 18.9 Å². The molecule has 0 aliphatic heterocycles. The number of hydrogen-bond acceptors (Lipinski definition) is 4. The van der Waals surface area contributed by atoms with Gasteiger partial charge >= 0.3 is 5.97 Å². The van der Waals surface area contributed by atoms with Crippen molar-refractivity contribution in [1.82, 2.24) is 5.32 Å². The highest BCUT2D eigenvalue weighted by Gasteiger charge is 2.13. The summed E-state index contributed by atoms with van der Waals surface area (Å²) in [6.07, 6.45) is 0.0483. The lowest BCUT2D eigenvalue weighted by atomic mass is 10.2. The summed E-state index contributed by atoms with van der Waals surface area (Å²) in [5.41, 5.74) is 0.599. The molecule has 1 atom stereocenters. The van der Waals surface area contributed by atoms with Crippen LogP contribution in [0.3, 0.4) is 0 Å². The van der Waals surface area contributed by atoms with Crippen molar-refractivity contribution in [2.24, 2.45) is 0 Å². The molecule has 0 spiro atoms. The molecule has 0 aliphatic carbocycles. The molecule has 6 heteroatoms. The number of nitrogens with one attached hydrogen (secondary N) is 1. The SMILES string of the molecule is Cc1c(O)cccc1OCCC(=O)N[C@@H](C)C(=O)O. The van der Waals surface area contributed by atoms with Crippen LogP contribution in [0.15, 0.2) is 18.2 Å². The summed E-state index contributed by atoms with van der Waals surface area (Å²) in [6, 6.07) is 3.95. The van der Waals surface area contributed by atoms with E-state index in [1.54, 1.807) is 25.1 Å².